The van der Waals surface area contributed by atoms with Gasteiger partial charge in [-0.15, -0.1) is 0 Å². The molecule has 2 aromatic rings. The number of morpholine rings is 1. The van der Waals surface area contributed by atoms with Crippen molar-refractivity contribution < 1.29 is 9.53 Å². The third-order valence-electron chi connectivity index (χ3n) is 3.70. The molecule has 116 valence electrons. The van der Waals surface area contributed by atoms with Gasteiger partial charge >= 0.3 is 0 Å². The van der Waals surface area contributed by atoms with Crippen molar-refractivity contribution in [3.63, 3.8) is 0 Å². The molecule has 7 nitrogen and oxygen atoms in total. The molecule has 1 aliphatic heterocycles. The highest BCUT2D eigenvalue weighted by Gasteiger charge is 2.25. The summed E-state index contributed by atoms with van der Waals surface area (Å²) in [6, 6.07) is 0. The SMILES string of the molecule is O=C(CCCn1ccnc1)N1CCOC(c2cnccn2)C1. The van der Waals surface area contributed by atoms with Crippen LogP contribution in [-0.2, 0) is 16.1 Å². The van der Waals surface area contributed by atoms with E-state index in [1.165, 1.54) is 0 Å². The number of carbonyl (C=O) groups excluding carboxylic acids is 1. The summed E-state index contributed by atoms with van der Waals surface area (Å²) < 4.78 is 7.68. The highest BCUT2D eigenvalue weighted by molar-refractivity contribution is 5.76. The zero-order valence-electron chi connectivity index (χ0n) is 12.3. The van der Waals surface area contributed by atoms with E-state index < -0.39 is 0 Å². The van der Waals surface area contributed by atoms with Crippen LogP contribution < -0.4 is 0 Å². The van der Waals surface area contributed by atoms with Crippen LogP contribution in [0.4, 0.5) is 0 Å². The average molecular weight is 301 g/mol. The quantitative estimate of drug-likeness (QED) is 0.825. The summed E-state index contributed by atoms with van der Waals surface area (Å²) in [4.78, 5) is 26.5. The van der Waals surface area contributed by atoms with E-state index in [0.29, 0.717) is 26.1 Å². The van der Waals surface area contributed by atoms with Crippen LogP contribution in [0.2, 0.25) is 0 Å². The van der Waals surface area contributed by atoms with Gasteiger partial charge in [-0.05, 0) is 6.42 Å². The van der Waals surface area contributed by atoms with Crippen molar-refractivity contribution in [3.05, 3.63) is 43.0 Å². The van der Waals surface area contributed by atoms with Gasteiger partial charge in [-0.3, -0.25) is 14.8 Å². The Hall–Kier alpha value is -2.28. The molecule has 0 aliphatic carbocycles. The zero-order valence-corrected chi connectivity index (χ0v) is 12.3. The second-order valence-electron chi connectivity index (χ2n) is 5.23. The molecule has 7 heteroatoms. The summed E-state index contributed by atoms with van der Waals surface area (Å²) in [6.07, 6.45) is 11.5. The Morgan fingerprint density at radius 2 is 2.27 bits per heavy atom. The normalized spacial score (nSPS) is 18.4. The fraction of sp³-hybridized carbons (Fsp3) is 0.467. The maximum atomic E-state index is 12.3. The van der Waals surface area contributed by atoms with Crippen molar-refractivity contribution in [2.75, 3.05) is 19.7 Å². The molecular formula is C15H19N5O2. The lowest BCUT2D eigenvalue weighted by atomic mass is 10.2. The third kappa shape index (κ3) is 3.67. The number of amides is 1. The molecule has 3 heterocycles. The number of rotatable bonds is 5. The molecular weight excluding hydrogens is 282 g/mol. The predicted octanol–water partition coefficient (Wildman–Crippen LogP) is 1.05. The van der Waals surface area contributed by atoms with Crippen LogP contribution >= 0.6 is 0 Å². The average Bonchev–Trinajstić information content (AvgIpc) is 3.09. The van der Waals surface area contributed by atoms with Gasteiger partial charge in [0.05, 0.1) is 31.4 Å². The summed E-state index contributed by atoms with van der Waals surface area (Å²) in [5.41, 5.74) is 0.776. The number of aryl methyl sites for hydroxylation is 1. The van der Waals surface area contributed by atoms with Gasteiger partial charge in [-0.25, -0.2) is 4.98 Å². The van der Waals surface area contributed by atoms with Crippen molar-refractivity contribution in [1.29, 1.82) is 0 Å². The second kappa shape index (κ2) is 7.13. The van der Waals surface area contributed by atoms with Crippen molar-refractivity contribution in [2.24, 2.45) is 0 Å². The van der Waals surface area contributed by atoms with Crippen LogP contribution in [-0.4, -0.2) is 50.0 Å². The van der Waals surface area contributed by atoms with Gasteiger partial charge in [0.1, 0.15) is 6.10 Å². The lowest BCUT2D eigenvalue weighted by Gasteiger charge is -2.32. The second-order valence-corrected chi connectivity index (χ2v) is 5.23. The number of hydrogen-bond donors (Lipinski definition) is 0. The largest absolute Gasteiger partial charge is 0.368 e. The molecule has 0 bridgehead atoms. The fourth-order valence-corrected chi connectivity index (χ4v) is 2.52. The van der Waals surface area contributed by atoms with Crippen LogP contribution in [0.15, 0.2) is 37.3 Å². The maximum absolute atomic E-state index is 12.3. The standard InChI is InChI=1S/C15H19N5O2/c21-15(2-1-6-19-7-5-17-12-19)20-8-9-22-14(11-20)13-10-16-3-4-18-13/h3-5,7,10,12,14H,1-2,6,8-9,11H2. The minimum atomic E-state index is -0.181. The van der Waals surface area contributed by atoms with Crippen LogP contribution in [0.1, 0.15) is 24.6 Å². The van der Waals surface area contributed by atoms with Crippen LogP contribution in [0.25, 0.3) is 0 Å². The molecule has 0 spiro atoms. The van der Waals surface area contributed by atoms with Gasteiger partial charge in [-0.1, -0.05) is 0 Å². The highest BCUT2D eigenvalue weighted by Crippen LogP contribution is 2.20. The number of ether oxygens (including phenoxy) is 1. The molecule has 1 amide bonds. The number of nitrogens with zero attached hydrogens (tertiary/aromatic N) is 5. The maximum Gasteiger partial charge on any atom is 0.222 e. The number of imidazole rings is 1. The van der Waals surface area contributed by atoms with Crippen molar-refractivity contribution in [3.8, 4) is 0 Å². The van der Waals surface area contributed by atoms with E-state index in [9.17, 15) is 4.79 Å². The van der Waals surface area contributed by atoms with E-state index in [-0.39, 0.29) is 12.0 Å². The molecule has 1 saturated heterocycles. The summed E-state index contributed by atoms with van der Waals surface area (Å²) in [5.74, 6) is 0.164. The Morgan fingerprint density at radius 1 is 1.32 bits per heavy atom. The van der Waals surface area contributed by atoms with Gasteiger partial charge in [0.15, 0.2) is 0 Å². The Bertz CT molecular complexity index is 587. The monoisotopic (exact) mass is 301 g/mol. The Balaban J connectivity index is 1.49. The number of aromatic nitrogens is 4. The van der Waals surface area contributed by atoms with Crippen molar-refractivity contribution in [1.82, 2.24) is 24.4 Å². The zero-order chi connectivity index (χ0) is 15.2. The van der Waals surface area contributed by atoms with Crippen molar-refractivity contribution >= 4 is 5.91 Å². The first kappa shape index (κ1) is 14.6. The number of hydrogen-bond acceptors (Lipinski definition) is 5. The van der Waals surface area contributed by atoms with E-state index >= 15 is 0 Å². The van der Waals surface area contributed by atoms with Crippen LogP contribution in [0.3, 0.4) is 0 Å². The van der Waals surface area contributed by atoms with E-state index in [0.717, 1.165) is 18.7 Å². The molecule has 0 N–H and O–H groups in total. The number of carbonyl (C=O) groups is 1. The predicted molar refractivity (Wildman–Crippen MR) is 78.8 cm³/mol. The van der Waals surface area contributed by atoms with Crippen LogP contribution in [0.5, 0.6) is 0 Å². The summed E-state index contributed by atoms with van der Waals surface area (Å²) in [6.45, 7) is 2.53. The molecule has 1 atom stereocenters. The van der Waals surface area contributed by atoms with E-state index in [4.69, 9.17) is 4.74 Å². The Labute approximate surface area is 129 Å². The van der Waals surface area contributed by atoms with E-state index in [1.54, 1.807) is 31.1 Å². The van der Waals surface area contributed by atoms with Gasteiger partial charge in [0.2, 0.25) is 5.91 Å². The lowest BCUT2D eigenvalue weighted by molar-refractivity contribution is -0.139. The van der Waals surface area contributed by atoms with Crippen LogP contribution in [0, 0.1) is 0 Å². The first-order chi connectivity index (χ1) is 10.8. The minimum absolute atomic E-state index is 0.164. The van der Waals surface area contributed by atoms with E-state index in [2.05, 4.69) is 15.0 Å². The highest BCUT2D eigenvalue weighted by atomic mass is 16.5. The fourth-order valence-electron chi connectivity index (χ4n) is 2.52. The topological polar surface area (TPSA) is 73.1 Å². The van der Waals surface area contributed by atoms with E-state index in [1.807, 2.05) is 15.7 Å². The summed E-state index contributed by atoms with van der Waals surface area (Å²) >= 11 is 0. The molecule has 22 heavy (non-hydrogen) atoms. The van der Waals surface area contributed by atoms with Gasteiger partial charge in [0.25, 0.3) is 0 Å². The summed E-state index contributed by atoms with van der Waals surface area (Å²) in [5, 5.41) is 0. The lowest BCUT2D eigenvalue weighted by Crippen LogP contribution is -2.42. The molecule has 1 fully saturated rings. The summed E-state index contributed by atoms with van der Waals surface area (Å²) in [7, 11) is 0. The molecule has 0 radical (unpaired) electrons. The molecule has 3 rings (SSSR count). The molecule has 0 saturated carbocycles. The Kier molecular flexibility index (Phi) is 4.75. The van der Waals surface area contributed by atoms with Gasteiger partial charge < -0.3 is 14.2 Å². The van der Waals surface area contributed by atoms with Gasteiger partial charge in [-0.2, -0.15) is 0 Å². The third-order valence-corrected chi connectivity index (χ3v) is 3.70. The minimum Gasteiger partial charge on any atom is -0.368 e. The molecule has 0 aromatic carbocycles. The van der Waals surface area contributed by atoms with Gasteiger partial charge in [0, 0.05) is 44.3 Å². The smallest absolute Gasteiger partial charge is 0.222 e. The first-order valence-electron chi connectivity index (χ1n) is 7.44. The first-order valence-corrected chi connectivity index (χ1v) is 7.44. The molecule has 1 aliphatic rings. The van der Waals surface area contributed by atoms with Crippen molar-refractivity contribution in [2.45, 2.75) is 25.5 Å². The Morgan fingerprint density at radius 3 is 3.05 bits per heavy atom. The molecule has 1 unspecified atom stereocenters. The molecule has 2 aromatic heterocycles.